The summed E-state index contributed by atoms with van der Waals surface area (Å²) in [4.78, 5) is 16.1. The second kappa shape index (κ2) is 8.60. The molecule has 1 aliphatic heterocycles. The molecule has 1 aromatic heterocycles. The molecule has 2 heterocycles. The van der Waals surface area contributed by atoms with Crippen LogP contribution in [-0.4, -0.2) is 51.7 Å². The van der Waals surface area contributed by atoms with Crippen molar-refractivity contribution in [3.05, 3.63) is 51.3 Å². The van der Waals surface area contributed by atoms with Crippen LogP contribution < -0.4 is 0 Å². The van der Waals surface area contributed by atoms with Gasteiger partial charge in [-0.3, -0.25) is 14.4 Å². The first-order valence-corrected chi connectivity index (χ1v) is 9.51. The second-order valence-electron chi connectivity index (χ2n) is 6.61. The molecule has 0 radical (unpaired) electrons. The zero-order valence-electron chi connectivity index (χ0n) is 15.1. The molecule has 5 nitrogen and oxygen atoms in total. The summed E-state index contributed by atoms with van der Waals surface area (Å²) >= 11 is 3.09. The molecular weight excluding hydrogens is 444 g/mol. The first-order valence-electron chi connectivity index (χ1n) is 8.72. The maximum atomic E-state index is 13.8. The van der Waals surface area contributed by atoms with E-state index in [0.717, 1.165) is 6.07 Å². The summed E-state index contributed by atoms with van der Waals surface area (Å²) < 4.78 is 54.5. The summed E-state index contributed by atoms with van der Waals surface area (Å²) in [6.45, 7) is 3.58. The molecule has 1 amide bonds. The van der Waals surface area contributed by atoms with E-state index < -0.39 is 18.1 Å². The van der Waals surface area contributed by atoms with Crippen molar-refractivity contribution in [2.75, 3.05) is 26.2 Å². The van der Waals surface area contributed by atoms with Gasteiger partial charge in [0.25, 0.3) is 6.43 Å². The lowest BCUT2D eigenvalue weighted by molar-refractivity contribution is -0.133. The molecule has 0 unspecified atom stereocenters. The lowest BCUT2D eigenvalue weighted by Crippen LogP contribution is -2.49. The Kier molecular flexibility index (Phi) is 6.39. The minimum Gasteiger partial charge on any atom is -0.339 e. The van der Waals surface area contributed by atoms with Crippen molar-refractivity contribution in [3.63, 3.8) is 0 Å². The number of carbonyl (C=O) groups excluding carboxylic acids is 1. The molecule has 1 aliphatic rings. The number of benzene rings is 1. The second-order valence-corrected chi connectivity index (χ2v) is 7.41. The number of rotatable bonds is 5. The molecule has 0 aliphatic carbocycles. The van der Waals surface area contributed by atoms with Crippen molar-refractivity contribution < 1.29 is 22.4 Å². The number of nitrogens with zero attached hydrogens (tertiary/aromatic N) is 4. The van der Waals surface area contributed by atoms with Gasteiger partial charge in [-0.1, -0.05) is 12.1 Å². The zero-order chi connectivity index (χ0) is 20.4. The molecule has 1 fully saturated rings. The molecule has 2 aromatic rings. The molecule has 28 heavy (non-hydrogen) atoms. The van der Waals surface area contributed by atoms with E-state index in [4.69, 9.17) is 0 Å². The number of piperazine rings is 1. The fourth-order valence-electron chi connectivity index (χ4n) is 3.14. The van der Waals surface area contributed by atoms with Crippen molar-refractivity contribution in [3.8, 4) is 0 Å². The van der Waals surface area contributed by atoms with E-state index in [0.29, 0.717) is 31.9 Å². The molecule has 0 spiro atoms. The Morgan fingerprint density at radius 3 is 2.50 bits per heavy atom. The summed E-state index contributed by atoms with van der Waals surface area (Å²) in [5.74, 6) is -1.96. The Bertz CT molecular complexity index is 866. The third kappa shape index (κ3) is 4.38. The van der Waals surface area contributed by atoms with Crippen molar-refractivity contribution >= 4 is 21.8 Å². The number of alkyl halides is 2. The van der Waals surface area contributed by atoms with Crippen LogP contribution >= 0.6 is 15.9 Å². The third-order valence-electron chi connectivity index (χ3n) is 4.80. The number of carbonyl (C=O) groups is 1. The predicted molar refractivity (Wildman–Crippen MR) is 97.8 cm³/mol. The van der Waals surface area contributed by atoms with Crippen molar-refractivity contribution in [2.45, 2.75) is 26.4 Å². The van der Waals surface area contributed by atoms with Crippen LogP contribution in [0.1, 0.15) is 23.4 Å². The predicted octanol–water partition coefficient (Wildman–Crippen LogP) is 3.51. The standard InChI is InChI=1S/C18H19BrF4N4O/c1-11-15(19)17(18(22)23)24-27(11)10-14(28)26-7-5-25(6-8-26)9-12-3-2-4-13(20)16(12)21/h2-4,18H,5-10H2,1H3. The van der Waals surface area contributed by atoms with Gasteiger partial charge < -0.3 is 4.90 Å². The fourth-order valence-corrected chi connectivity index (χ4v) is 3.59. The highest BCUT2D eigenvalue weighted by atomic mass is 79.9. The zero-order valence-corrected chi connectivity index (χ0v) is 16.7. The number of amides is 1. The topological polar surface area (TPSA) is 41.4 Å². The Hall–Kier alpha value is -1.94. The van der Waals surface area contributed by atoms with E-state index in [-0.39, 0.29) is 34.7 Å². The lowest BCUT2D eigenvalue weighted by atomic mass is 10.1. The molecule has 3 rings (SSSR count). The molecule has 0 bridgehead atoms. The normalized spacial score (nSPS) is 15.5. The summed E-state index contributed by atoms with van der Waals surface area (Å²) in [6, 6.07) is 4.07. The summed E-state index contributed by atoms with van der Waals surface area (Å²) in [5, 5.41) is 3.82. The van der Waals surface area contributed by atoms with Gasteiger partial charge in [0, 0.05) is 38.3 Å². The Morgan fingerprint density at radius 1 is 1.21 bits per heavy atom. The lowest BCUT2D eigenvalue weighted by Gasteiger charge is -2.34. The molecule has 1 aromatic carbocycles. The van der Waals surface area contributed by atoms with Crippen LogP contribution in [0.5, 0.6) is 0 Å². The first-order chi connectivity index (χ1) is 13.3. The van der Waals surface area contributed by atoms with E-state index in [2.05, 4.69) is 21.0 Å². The highest BCUT2D eigenvalue weighted by Crippen LogP contribution is 2.29. The number of aromatic nitrogens is 2. The van der Waals surface area contributed by atoms with E-state index in [1.807, 2.05) is 4.90 Å². The van der Waals surface area contributed by atoms with Crippen LogP contribution in [0.25, 0.3) is 0 Å². The summed E-state index contributed by atoms with van der Waals surface area (Å²) in [6.07, 6.45) is -2.73. The molecule has 152 valence electrons. The minimum atomic E-state index is -2.73. The number of hydrogen-bond acceptors (Lipinski definition) is 3. The van der Waals surface area contributed by atoms with Gasteiger partial charge in [0.2, 0.25) is 5.91 Å². The fraction of sp³-hybridized carbons (Fsp3) is 0.444. The van der Waals surface area contributed by atoms with Crippen LogP contribution in [0, 0.1) is 18.6 Å². The van der Waals surface area contributed by atoms with Gasteiger partial charge in [-0.15, -0.1) is 0 Å². The van der Waals surface area contributed by atoms with Crippen molar-refractivity contribution in [1.82, 2.24) is 19.6 Å². The average Bonchev–Trinajstić information content (AvgIpc) is 2.94. The van der Waals surface area contributed by atoms with Gasteiger partial charge >= 0.3 is 0 Å². The Balaban J connectivity index is 1.57. The molecule has 1 saturated heterocycles. The number of hydrogen-bond donors (Lipinski definition) is 0. The van der Waals surface area contributed by atoms with Crippen molar-refractivity contribution in [2.24, 2.45) is 0 Å². The Labute approximate surface area is 168 Å². The van der Waals surface area contributed by atoms with Crippen LogP contribution in [0.3, 0.4) is 0 Å². The van der Waals surface area contributed by atoms with E-state index in [1.165, 1.54) is 16.8 Å². The van der Waals surface area contributed by atoms with Crippen LogP contribution in [0.2, 0.25) is 0 Å². The van der Waals surface area contributed by atoms with Gasteiger partial charge in [-0.25, -0.2) is 17.6 Å². The summed E-state index contributed by atoms with van der Waals surface area (Å²) in [5.41, 5.74) is 0.354. The van der Waals surface area contributed by atoms with Gasteiger partial charge in [-0.05, 0) is 28.9 Å². The highest BCUT2D eigenvalue weighted by Gasteiger charge is 2.25. The van der Waals surface area contributed by atoms with Gasteiger partial charge in [-0.2, -0.15) is 5.10 Å². The van der Waals surface area contributed by atoms with E-state index in [1.54, 1.807) is 11.8 Å². The maximum Gasteiger partial charge on any atom is 0.283 e. The molecule has 10 heteroatoms. The molecule has 0 atom stereocenters. The van der Waals surface area contributed by atoms with E-state index in [9.17, 15) is 22.4 Å². The largest absolute Gasteiger partial charge is 0.339 e. The molecule has 0 saturated carbocycles. The smallest absolute Gasteiger partial charge is 0.283 e. The minimum absolute atomic E-state index is 0.129. The van der Waals surface area contributed by atoms with Crippen molar-refractivity contribution in [1.29, 1.82) is 0 Å². The maximum absolute atomic E-state index is 13.8. The average molecular weight is 463 g/mol. The SMILES string of the molecule is Cc1c(Br)c(C(F)F)nn1CC(=O)N1CCN(Cc2cccc(F)c2F)CC1. The molecule has 0 N–H and O–H groups in total. The quantitative estimate of drug-likeness (QED) is 0.638. The highest BCUT2D eigenvalue weighted by molar-refractivity contribution is 9.10. The number of halogens is 5. The Morgan fingerprint density at radius 2 is 1.89 bits per heavy atom. The van der Waals surface area contributed by atoms with Crippen LogP contribution in [-0.2, 0) is 17.9 Å². The van der Waals surface area contributed by atoms with Gasteiger partial charge in [0.1, 0.15) is 12.2 Å². The third-order valence-corrected chi connectivity index (χ3v) is 5.78. The van der Waals surface area contributed by atoms with Gasteiger partial charge in [0.15, 0.2) is 11.6 Å². The van der Waals surface area contributed by atoms with Gasteiger partial charge in [0.05, 0.1) is 10.2 Å². The van der Waals surface area contributed by atoms with Crippen LogP contribution in [0.15, 0.2) is 22.7 Å². The molecular formula is C18H19BrF4N4O. The van der Waals surface area contributed by atoms with Crippen LogP contribution in [0.4, 0.5) is 17.6 Å². The first kappa shape index (κ1) is 20.8. The summed E-state index contributed by atoms with van der Waals surface area (Å²) in [7, 11) is 0. The van der Waals surface area contributed by atoms with E-state index >= 15 is 0 Å². The monoisotopic (exact) mass is 462 g/mol.